The number of halogens is 4. The van der Waals surface area contributed by atoms with E-state index in [9.17, 15) is 27.2 Å². The van der Waals surface area contributed by atoms with E-state index in [2.05, 4.69) is 45.3 Å². The lowest BCUT2D eigenvalue weighted by molar-refractivity contribution is -0.188. The second-order valence-corrected chi connectivity index (χ2v) is 14.6. The normalized spacial score (nSPS) is 16.5. The van der Waals surface area contributed by atoms with Crippen LogP contribution in [0.1, 0.15) is 72.5 Å². The van der Waals surface area contributed by atoms with Crippen LogP contribution in [0.3, 0.4) is 0 Å². The SMILES string of the molecule is C=Nc1[nH]c2cc(C(=O)OC)ccc2c1C(=NCCCNC)NCCc1cccc(C(N)(N)C(F)(F)F)c1.C=O.CCCCCCC1SCC(NC=O)C1N(C)F.CN. The van der Waals surface area contributed by atoms with E-state index in [1.54, 1.807) is 36.0 Å². The summed E-state index contributed by atoms with van der Waals surface area (Å²) < 4.78 is 58.2. The van der Waals surface area contributed by atoms with Crippen LogP contribution in [0.15, 0.2) is 52.4 Å². The number of aromatic amines is 1. The van der Waals surface area contributed by atoms with Crippen molar-refractivity contribution in [1.82, 2.24) is 26.1 Å². The van der Waals surface area contributed by atoms with Crippen LogP contribution in [0, 0.1) is 0 Å². The van der Waals surface area contributed by atoms with Gasteiger partial charge in [0.05, 0.1) is 30.3 Å². The molecule has 2 heterocycles. The maximum atomic E-state index is 13.5. The maximum Gasteiger partial charge on any atom is 0.423 e. The van der Waals surface area contributed by atoms with Crippen molar-refractivity contribution in [1.29, 1.82) is 0 Å². The van der Waals surface area contributed by atoms with Gasteiger partial charge in [-0.1, -0.05) is 62.9 Å². The van der Waals surface area contributed by atoms with Gasteiger partial charge in [-0.25, -0.2) is 9.79 Å². The first-order valence-corrected chi connectivity index (χ1v) is 20.2. The van der Waals surface area contributed by atoms with Crippen molar-refractivity contribution < 1.29 is 36.8 Å². The number of likely N-dealkylation sites (N-methyl/N-ethyl adjacent to an activating group) is 1. The summed E-state index contributed by atoms with van der Waals surface area (Å²) in [6.45, 7) is 9.47. The molecule has 1 fully saturated rings. The fourth-order valence-corrected chi connectivity index (χ4v) is 7.99. The molecule has 14 nitrogen and oxygen atoms in total. The molecule has 10 N–H and O–H groups in total. The Bertz CT molecular complexity index is 1740. The van der Waals surface area contributed by atoms with Gasteiger partial charge in [-0.3, -0.25) is 9.79 Å². The van der Waals surface area contributed by atoms with E-state index < -0.39 is 17.8 Å². The number of H-pyrrole nitrogens is 1. The Morgan fingerprint density at radius 2 is 1.81 bits per heavy atom. The molecule has 0 aliphatic carbocycles. The summed E-state index contributed by atoms with van der Waals surface area (Å²) in [5.41, 5.74) is 14.4. The van der Waals surface area contributed by atoms with E-state index >= 15 is 0 Å². The average Bonchev–Trinajstić information content (AvgIpc) is 3.82. The molecule has 1 aliphatic rings. The number of rotatable bonds is 19. The van der Waals surface area contributed by atoms with Crippen LogP contribution in [0.2, 0.25) is 0 Å². The number of nitrogens with zero attached hydrogens (tertiary/aromatic N) is 3. The summed E-state index contributed by atoms with van der Waals surface area (Å²) in [6.07, 6.45) is 2.94. The number of nitrogens with two attached hydrogens (primary N) is 3. The zero-order valence-corrected chi connectivity index (χ0v) is 35.5. The lowest BCUT2D eigenvalue weighted by atomic mass is 9.97. The van der Waals surface area contributed by atoms with Crippen LogP contribution in [-0.2, 0) is 26.4 Å². The standard InChI is InChI=1S/C26H32F3N7O2.C12H23FN2OS.CH5N.CH2O/c1-32-11-5-12-34-23(21-19-9-8-17(24(37)38-3)15-20(19)36-22(21)33-2)35-13-10-16-6-4-7-18(14-16)25(30,31)26(27,28)29;1-3-4-5-6-7-11-12(15(2)13)10(8-17-11)14-9-16;2*1-2/h4,6-9,14-15,32,36H,2,5,10-13,30-31H2,1,3H3,(H,34,35);9-12H,3-8H2,1-2H3,(H,14,16);2H2,1H3;1H2. The first-order chi connectivity index (χ1) is 28.2. The van der Waals surface area contributed by atoms with Gasteiger partial charge in [-0.05, 0) is 69.9 Å². The number of amidine groups is 1. The molecule has 3 aromatic rings. The summed E-state index contributed by atoms with van der Waals surface area (Å²) in [6, 6.07) is 10.7. The number of hydrogen-bond donors (Lipinski definition) is 7. The number of carbonyl (C=O) groups is 3. The van der Waals surface area contributed by atoms with E-state index in [-0.39, 0.29) is 17.6 Å². The summed E-state index contributed by atoms with van der Waals surface area (Å²) in [5, 5.41) is 10.9. The monoisotopic (exact) mass is 854 g/mol. The van der Waals surface area contributed by atoms with Gasteiger partial charge in [0.15, 0.2) is 5.66 Å². The number of hydrogen-bond acceptors (Lipinski definition) is 12. The van der Waals surface area contributed by atoms with Crippen LogP contribution in [-0.4, -0.2) is 119 Å². The second-order valence-electron chi connectivity index (χ2n) is 13.3. The summed E-state index contributed by atoms with van der Waals surface area (Å²) in [5.74, 6) is 1.35. The first-order valence-electron chi connectivity index (χ1n) is 19.2. The molecule has 19 heteroatoms. The minimum Gasteiger partial charge on any atom is -0.465 e. The van der Waals surface area contributed by atoms with E-state index in [0.717, 1.165) is 42.1 Å². The van der Waals surface area contributed by atoms with Crippen LogP contribution >= 0.6 is 11.8 Å². The highest BCUT2D eigenvalue weighted by atomic mass is 32.2. The van der Waals surface area contributed by atoms with E-state index in [4.69, 9.17) is 26.0 Å². The summed E-state index contributed by atoms with van der Waals surface area (Å²) >= 11 is 1.78. The highest BCUT2D eigenvalue weighted by molar-refractivity contribution is 8.00. The number of methoxy groups -OCH3 is 1. The largest absolute Gasteiger partial charge is 0.465 e. The molecular weight excluding hydrogens is 793 g/mol. The zero-order valence-electron chi connectivity index (χ0n) is 34.7. The van der Waals surface area contributed by atoms with E-state index in [1.807, 2.05) is 13.8 Å². The lowest BCUT2D eigenvalue weighted by Gasteiger charge is -2.28. The molecular formula is C40H62F4N10O4S. The third-order valence-corrected chi connectivity index (χ3v) is 10.8. The Morgan fingerprint density at radius 3 is 2.41 bits per heavy atom. The number of carbonyl (C=O) groups excluding carboxylic acids is 3. The minimum absolute atomic E-state index is 0.0522. The molecule has 3 atom stereocenters. The number of nitrogens with one attached hydrogen (secondary N) is 4. The van der Waals surface area contributed by atoms with Crippen LogP contribution in [0.5, 0.6) is 0 Å². The van der Waals surface area contributed by atoms with Gasteiger partial charge in [0.25, 0.3) is 0 Å². The summed E-state index contributed by atoms with van der Waals surface area (Å²) in [7, 11) is 6.11. The Labute approximate surface area is 348 Å². The lowest BCUT2D eigenvalue weighted by Crippen LogP contribution is -2.57. The van der Waals surface area contributed by atoms with Crippen molar-refractivity contribution in [2.45, 2.75) is 81.0 Å². The topological polar surface area (TPSA) is 218 Å². The van der Waals surface area contributed by atoms with Gasteiger partial charge >= 0.3 is 12.1 Å². The maximum absolute atomic E-state index is 13.5. The van der Waals surface area contributed by atoms with Gasteiger partial charge in [-0.2, -0.15) is 24.9 Å². The van der Waals surface area contributed by atoms with Gasteiger partial charge < -0.3 is 47.7 Å². The average molecular weight is 855 g/mol. The quantitative estimate of drug-likeness (QED) is 0.0126. The molecule has 0 radical (unpaired) electrons. The van der Waals surface area contributed by atoms with Crippen molar-refractivity contribution in [2.24, 2.45) is 27.2 Å². The number of fused-ring (bicyclic) bond motifs is 1. The van der Waals surface area contributed by atoms with Crippen molar-refractivity contribution >= 4 is 60.2 Å². The molecule has 59 heavy (non-hydrogen) atoms. The van der Waals surface area contributed by atoms with Crippen LogP contribution in [0.25, 0.3) is 10.9 Å². The van der Waals surface area contributed by atoms with Gasteiger partial charge in [0.2, 0.25) is 6.41 Å². The Hall–Kier alpha value is -4.40. The molecule has 0 bridgehead atoms. The Morgan fingerprint density at radius 1 is 1.10 bits per heavy atom. The number of amides is 1. The number of alkyl halides is 3. The number of benzene rings is 2. The molecule has 3 unspecified atom stereocenters. The molecule has 4 rings (SSSR count). The van der Waals surface area contributed by atoms with E-state index in [1.165, 1.54) is 58.7 Å². The van der Waals surface area contributed by atoms with Crippen LogP contribution in [0.4, 0.5) is 23.5 Å². The fourth-order valence-electron chi connectivity index (χ4n) is 6.35. The molecule has 1 amide bonds. The number of thioether (sulfide) groups is 1. The number of unbranched alkanes of at least 4 members (excludes halogenated alkanes) is 3. The predicted octanol–water partition coefficient (Wildman–Crippen LogP) is 4.87. The molecule has 1 saturated heterocycles. The number of esters is 1. The molecule has 1 aromatic heterocycles. The number of aliphatic imine (C=N–C) groups is 2. The summed E-state index contributed by atoms with van der Waals surface area (Å²) in [4.78, 5) is 42.5. The molecule has 330 valence electrons. The molecule has 0 saturated carbocycles. The number of aromatic nitrogens is 1. The Balaban J connectivity index is 0.000000692. The highest BCUT2D eigenvalue weighted by Crippen LogP contribution is 2.35. The minimum atomic E-state index is -4.80. The smallest absolute Gasteiger partial charge is 0.423 e. The fraction of sp³-hybridized carbons (Fsp3) is 0.525. The van der Waals surface area contributed by atoms with Crippen molar-refractivity contribution in [3.63, 3.8) is 0 Å². The third kappa shape index (κ3) is 15.6. The zero-order chi connectivity index (χ0) is 44.6. The predicted molar refractivity (Wildman–Crippen MR) is 231 cm³/mol. The third-order valence-electron chi connectivity index (χ3n) is 9.35. The van der Waals surface area contributed by atoms with Gasteiger partial charge in [0, 0.05) is 42.0 Å². The van der Waals surface area contributed by atoms with Crippen LogP contribution < -0.4 is 33.2 Å². The molecule has 2 aromatic carbocycles. The van der Waals surface area contributed by atoms with Crippen molar-refractivity contribution in [2.75, 3.05) is 53.6 Å². The highest BCUT2D eigenvalue weighted by Gasteiger charge is 2.50. The van der Waals surface area contributed by atoms with Crippen molar-refractivity contribution in [3.05, 3.63) is 64.7 Å². The van der Waals surface area contributed by atoms with Crippen molar-refractivity contribution in [3.8, 4) is 0 Å². The molecule has 1 aliphatic heterocycles. The second kappa shape index (κ2) is 27.4. The van der Waals surface area contributed by atoms with Gasteiger partial charge in [0.1, 0.15) is 18.4 Å². The Kier molecular flexibility index (Phi) is 24.4. The molecule has 0 spiro atoms. The van der Waals surface area contributed by atoms with Gasteiger partial charge in [-0.15, -0.1) is 9.60 Å². The van der Waals surface area contributed by atoms with E-state index in [0.29, 0.717) is 65.0 Å². The number of ether oxygens (including phenoxy) is 1. The first kappa shape index (κ1) is 52.6.